The molecule has 3 heteroatoms. The van der Waals surface area contributed by atoms with Gasteiger partial charge >= 0.3 is 0 Å². The number of aliphatic imine (C=N–C) groups is 1. The zero-order valence-electron chi connectivity index (χ0n) is 12.2. The van der Waals surface area contributed by atoms with Gasteiger partial charge in [0.2, 0.25) is 0 Å². The van der Waals surface area contributed by atoms with Gasteiger partial charge in [0.05, 0.1) is 12.8 Å². The van der Waals surface area contributed by atoms with Gasteiger partial charge in [-0.2, -0.15) is 0 Å². The lowest BCUT2D eigenvalue weighted by Gasteiger charge is -2.28. The average molecular weight is 278 g/mol. The summed E-state index contributed by atoms with van der Waals surface area (Å²) in [7, 11) is 1.68. The number of benzene rings is 2. The Balaban J connectivity index is 1.82. The third-order valence-electron chi connectivity index (χ3n) is 3.56. The molecule has 3 rings (SSSR count). The topological polar surface area (TPSA) is 24.8 Å². The number of ether oxygens (including phenoxy) is 1. The maximum atomic E-state index is 5.19. The number of hydrogen-bond acceptors (Lipinski definition) is 3. The Morgan fingerprint density at radius 2 is 1.71 bits per heavy atom. The summed E-state index contributed by atoms with van der Waals surface area (Å²) in [5.41, 5.74) is 3.28. The predicted octanol–water partition coefficient (Wildman–Crippen LogP) is 3.86. The fraction of sp³-hybridized carbons (Fsp3) is 0.167. The summed E-state index contributed by atoms with van der Waals surface area (Å²) < 4.78 is 5.19. The van der Waals surface area contributed by atoms with Crippen molar-refractivity contribution in [2.75, 3.05) is 12.0 Å². The third-order valence-corrected chi connectivity index (χ3v) is 3.56. The van der Waals surface area contributed by atoms with Crippen LogP contribution in [0.3, 0.4) is 0 Å². The van der Waals surface area contributed by atoms with Crippen molar-refractivity contribution in [3.8, 4) is 5.75 Å². The Bertz CT molecular complexity index is 659. The predicted molar refractivity (Wildman–Crippen MR) is 87.1 cm³/mol. The highest BCUT2D eigenvalue weighted by Gasteiger charge is 2.16. The molecule has 1 aliphatic heterocycles. The van der Waals surface area contributed by atoms with Crippen molar-refractivity contribution in [1.82, 2.24) is 0 Å². The summed E-state index contributed by atoms with van der Waals surface area (Å²) >= 11 is 0. The van der Waals surface area contributed by atoms with E-state index < -0.39 is 0 Å². The molecule has 21 heavy (non-hydrogen) atoms. The van der Waals surface area contributed by atoms with E-state index in [1.165, 1.54) is 0 Å². The lowest BCUT2D eigenvalue weighted by molar-refractivity contribution is 0.415. The van der Waals surface area contributed by atoms with E-state index in [9.17, 15) is 0 Å². The quantitative estimate of drug-likeness (QED) is 0.851. The van der Waals surface area contributed by atoms with Gasteiger partial charge in [-0.3, -0.25) is 4.99 Å². The lowest BCUT2D eigenvalue weighted by Crippen LogP contribution is -2.30. The van der Waals surface area contributed by atoms with Crippen LogP contribution >= 0.6 is 0 Å². The first-order valence-electron chi connectivity index (χ1n) is 7.02. The minimum Gasteiger partial charge on any atom is -0.497 e. The third kappa shape index (κ3) is 2.82. The van der Waals surface area contributed by atoms with Crippen LogP contribution in [0.5, 0.6) is 5.75 Å². The van der Waals surface area contributed by atoms with E-state index in [1.54, 1.807) is 7.11 Å². The van der Waals surface area contributed by atoms with Crippen LogP contribution < -0.4 is 9.64 Å². The van der Waals surface area contributed by atoms with E-state index in [4.69, 9.17) is 9.73 Å². The van der Waals surface area contributed by atoms with Gasteiger partial charge in [-0.15, -0.1) is 0 Å². The molecular formula is C18H18N2O. The van der Waals surface area contributed by atoms with Gasteiger partial charge in [0.1, 0.15) is 11.9 Å². The van der Waals surface area contributed by atoms with Crippen LogP contribution in [-0.2, 0) is 0 Å². The Hall–Kier alpha value is -2.55. The normalized spacial score (nSPS) is 17.5. The Morgan fingerprint density at radius 3 is 2.33 bits per heavy atom. The molecule has 3 nitrogen and oxygen atoms in total. The van der Waals surface area contributed by atoms with Crippen LogP contribution in [0.15, 0.2) is 71.9 Å². The number of rotatable bonds is 3. The van der Waals surface area contributed by atoms with Crippen molar-refractivity contribution in [1.29, 1.82) is 0 Å². The number of methoxy groups -OCH3 is 1. The molecule has 1 unspecified atom stereocenters. The van der Waals surface area contributed by atoms with Crippen LogP contribution in [0.4, 0.5) is 5.69 Å². The van der Waals surface area contributed by atoms with Gasteiger partial charge in [0.25, 0.3) is 0 Å². The van der Waals surface area contributed by atoms with Gasteiger partial charge in [-0.25, -0.2) is 0 Å². The van der Waals surface area contributed by atoms with Crippen molar-refractivity contribution >= 4 is 11.4 Å². The monoisotopic (exact) mass is 278 g/mol. The summed E-state index contributed by atoms with van der Waals surface area (Å²) in [5.74, 6) is 0.862. The molecule has 1 atom stereocenters. The van der Waals surface area contributed by atoms with E-state index in [0.29, 0.717) is 0 Å². The lowest BCUT2D eigenvalue weighted by atomic mass is 10.1. The number of nitrogens with zero attached hydrogens (tertiary/aromatic N) is 2. The smallest absolute Gasteiger partial charge is 0.122 e. The minimum absolute atomic E-state index is 0.0681. The molecule has 0 spiro atoms. The molecule has 1 aliphatic rings. The Kier molecular flexibility index (Phi) is 3.73. The van der Waals surface area contributed by atoms with Gasteiger partial charge in [0.15, 0.2) is 0 Å². The van der Waals surface area contributed by atoms with E-state index in [1.807, 2.05) is 42.5 Å². The summed E-state index contributed by atoms with van der Waals surface area (Å²) in [6.45, 7) is 2.09. The van der Waals surface area contributed by atoms with E-state index in [2.05, 4.69) is 36.2 Å². The first-order chi connectivity index (χ1) is 10.3. The van der Waals surface area contributed by atoms with Crippen LogP contribution in [0.25, 0.3) is 0 Å². The first kappa shape index (κ1) is 13.4. The zero-order valence-corrected chi connectivity index (χ0v) is 12.2. The molecule has 106 valence electrons. The van der Waals surface area contributed by atoms with Crippen LogP contribution in [0, 0.1) is 0 Å². The van der Waals surface area contributed by atoms with Gasteiger partial charge in [0, 0.05) is 11.9 Å². The maximum Gasteiger partial charge on any atom is 0.122 e. The van der Waals surface area contributed by atoms with Crippen LogP contribution in [-0.4, -0.2) is 19.0 Å². The summed E-state index contributed by atoms with van der Waals surface area (Å²) in [6.07, 6.45) is 4.21. The second-order valence-corrected chi connectivity index (χ2v) is 4.93. The second-order valence-electron chi connectivity index (χ2n) is 4.93. The fourth-order valence-corrected chi connectivity index (χ4v) is 2.42. The van der Waals surface area contributed by atoms with Crippen molar-refractivity contribution in [2.24, 2.45) is 4.99 Å². The molecule has 0 saturated heterocycles. The molecule has 1 heterocycles. The zero-order chi connectivity index (χ0) is 14.7. The first-order valence-corrected chi connectivity index (χ1v) is 7.02. The number of hydrogen-bond donors (Lipinski definition) is 0. The fourth-order valence-electron chi connectivity index (χ4n) is 2.42. The second kappa shape index (κ2) is 5.83. The maximum absolute atomic E-state index is 5.19. The van der Waals surface area contributed by atoms with Crippen molar-refractivity contribution in [2.45, 2.75) is 13.1 Å². The van der Waals surface area contributed by atoms with Crippen molar-refractivity contribution in [3.05, 3.63) is 72.4 Å². The van der Waals surface area contributed by atoms with E-state index >= 15 is 0 Å². The SMILES string of the molecule is COc1ccc(N2C=CC(c3ccccc3)=NC2C)cc1. The van der Waals surface area contributed by atoms with E-state index in [-0.39, 0.29) is 6.17 Å². The van der Waals surface area contributed by atoms with E-state index in [0.717, 1.165) is 22.7 Å². The summed E-state index contributed by atoms with van der Waals surface area (Å²) in [6, 6.07) is 18.3. The molecule has 0 bridgehead atoms. The van der Waals surface area contributed by atoms with Crippen molar-refractivity contribution in [3.63, 3.8) is 0 Å². The standard InChI is InChI=1S/C18H18N2O/c1-14-19-18(15-6-4-3-5-7-15)12-13-20(14)16-8-10-17(21-2)11-9-16/h3-14H,1-2H3. The molecule has 0 aromatic heterocycles. The molecule has 0 fully saturated rings. The molecule has 0 N–H and O–H groups in total. The molecule has 0 radical (unpaired) electrons. The average Bonchev–Trinajstić information content (AvgIpc) is 2.56. The molecule has 0 aliphatic carbocycles. The molecule has 0 saturated carbocycles. The number of allylic oxidation sites excluding steroid dienone is 1. The van der Waals surface area contributed by atoms with Crippen LogP contribution in [0.2, 0.25) is 0 Å². The summed E-state index contributed by atoms with van der Waals surface area (Å²) in [5, 5.41) is 0. The minimum atomic E-state index is 0.0681. The van der Waals surface area contributed by atoms with Crippen molar-refractivity contribution < 1.29 is 4.74 Å². The highest BCUT2D eigenvalue weighted by Crippen LogP contribution is 2.24. The highest BCUT2D eigenvalue weighted by atomic mass is 16.5. The molecule has 0 amide bonds. The van der Waals surface area contributed by atoms with Gasteiger partial charge < -0.3 is 9.64 Å². The molecular weight excluding hydrogens is 260 g/mol. The molecule has 2 aromatic carbocycles. The largest absolute Gasteiger partial charge is 0.497 e. The van der Waals surface area contributed by atoms with Crippen LogP contribution in [0.1, 0.15) is 12.5 Å². The highest BCUT2D eigenvalue weighted by molar-refractivity contribution is 6.09. The van der Waals surface area contributed by atoms with Gasteiger partial charge in [-0.1, -0.05) is 30.3 Å². The molecule has 2 aromatic rings. The Labute approximate surface area is 125 Å². The summed E-state index contributed by atoms with van der Waals surface area (Å²) in [4.78, 5) is 6.92. The van der Waals surface area contributed by atoms with Gasteiger partial charge in [-0.05, 0) is 42.8 Å². The Morgan fingerprint density at radius 1 is 1.00 bits per heavy atom. The number of anilines is 1.